The predicted octanol–water partition coefficient (Wildman–Crippen LogP) is 9.49. The van der Waals surface area contributed by atoms with Gasteiger partial charge >= 0.3 is 0 Å². The van der Waals surface area contributed by atoms with E-state index < -0.39 is 5.79 Å². The van der Waals surface area contributed by atoms with Gasteiger partial charge in [-0.3, -0.25) is 0 Å². The Morgan fingerprint density at radius 1 is 1.07 bits per heavy atom. The molecule has 0 radical (unpaired) electrons. The number of halogens is 1. The Bertz CT molecular complexity index is 1640. The van der Waals surface area contributed by atoms with Gasteiger partial charge in [0.1, 0.15) is 11.8 Å². The van der Waals surface area contributed by atoms with Crippen molar-refractivity contribution in [3.8, 4) is 17.6 Å². The van der Waals surface area contributed by atoms with E-state index in [2.05, 4.69) is 47.5 Å². The van der Waals surface area contributed by atoms with Crippen LogP contribution in [0.1, 0.15) is 93.0 Å². The third-order valence-electron chi connectivity index (χ3n) is 10.2. The Labute approximate surface area is 271 Å². The maximum absolute atomic E-state index is 9.44. The fourth-order valence-electron chi connectivity index (χ4n) is 7.62. The number of hydrogen-bond donors (Lipinski definition) is 0. The molecule has 7 rings (SSSR count). The highest BCUT2D eigenvalue weighted by Crippen LogP contribution is 2.50. The first kappa shape index (κ1) is 30.1. The van der Waals surface area contributed by atoms with E-state index in [1.807, 2.05) is 43.5 Å². The molecule has 5 nitrogen and oxygen atoms in total. The molecule has 2 aromatic rings. The van der Waals surface area contributed by atoms with Crippen molar-refractivity contribution in [2.75, 3.05) is 6.61 Å². The summed E-state index contributed by atoms with van der Waals surface area (Å²) in [6, 6.07) is 10.5. The predicted molar refractivity (Wildman–Crippen MR) is 178 cm³/mol. The van der Waals surface area contributed by atoms with E-state index in [1.165, 1.54) is 36.0 Å². The van der Waals surface area contributed by atoms with E-state index in [0.717, 1.165) is 79.2 Å². The van der Waals surface area contributed by atoms with Crippen molar-refractivity contribution in [3.63, 3.8) is 0 Å². The molecule has 6 heteroatoms. The van der Waals surface area contributed by atoms with E-state index in [9.17, 15) is 5.26 Å². The maximum Gasteiger partial charge on any atom is 0.275 e. The van der Waals surface area contributed by atoms with E-state index >= 15 is 0 Å². The van der Waals surface area contributed by atoms with Crippen molar-refractivity contribution in [1.82, 2.24) is 4.98 Å². The molecule has 1 saturated heterocycles. The summed E-state index contributed by atoms with van der Waals surface area (Å²) in [6.45, 7) is 2.88. The summed E-state index contributed by atoms with van der Waals surface area (Å²) in [5.41, 5.74) is 6.49. The largest absolute Gasteiger partial charge is 0.445 e. The number of fused-ring (bicyclic) bond motifs is 2. The fraction of sp³-hybridized carbons (Fsp3) is 0.436. The zero-order chi connectivity index (χ0) is 30.8. The molecule has 0 N–H and O–H groups in total. The van der Waals surface area contributed by atoms with Crippen LogP contribution in [-0.4, -0.2) is 23.5 Å². The molecular formula is C39H41ClN2O3. The molecule has 0 amide bonds. The molecule has 2 fully saturated rings. The van der Waals surface area contributed by atoms with Gasteiger partial charge in [-0.1, -0.05) is 78.6 Å². The molecule has 5 aliphatic rings. The fourth-order valence-corrected chi connectivity index (χ4v) is 7.77. The molecule has 2 aliphatic heterocycles. The molecule has 3 aliphatic carbocycles. The lowest BCUT2D eigenvalue weighted by atomic mass is 9.83. The smallest absolute Gasteiger partial charge is 0.275 e. The van der Waals surface area contributed by atoms with Crippen LogP contribution in [0.4, 0.5) is 0 Å². The van der Waals surface area contributed by atoms with Crippen LogP contribution in [0.5, 0.6) is 11.5 Å². The quantitative estimate of drug-likeness (QED) is 0.238. The molecule has 3 heterocycles. The first-order valence-corrected chi connectivity index (χ1v) is 17.0. The zero-order valence-electron chi connectivity index (χ0n) is 26.0. The van der Waals surface area contributed by atoms with Gasteiger partial charge in [-0.15, -0.1) is 0 Å². The van der Waals surface area contributed by atoms with Crippen LogP contribution < -0.4 is 9.47 Å². The minimum Gasteiger partial charge on any atom is -0.445 e. The number of allylic oxidation sites excluding steroid dienone is 6. The highest BCUT2D eigenvalue weighted by atomic mass is 35.5. The summed E-state index contributed by atoms with van der Waals surface area (Å²) in [4.78, 5) is 4.36. The van der Waals surface area contributed by atoms with Crippen LogP contribution >= 0.6 is 11.6 Å². The summed E-state index contributed by atoms with van der Waals surface area (Å²) >= 11 is 6.26. The molecule has 45 heavy (non-hydrogen) atoms. The zero-order valence-corrected chi connectivity index (χ0v) is 26.8. The number of para-hydroxylation sites is 1. The van der Waals surface area contributed by atoms with Crippen molar-refractivity contribution < 1.29 is 14.2 Å². The van der Waals surface area contributed by atoms with Crippen molar-refractivity contribution in [2.24, 2.45) is 11.8 Å². The van der Waals surface area contributed by atoms with Crippen molar-refractivity contribution in [1.29, 1.82) is 5.26 Å². The normalized spacial score (nSPS) is 30.9. The first-order chi connectivity index (χ1) is 22.0. The minimum atomic E-state index is -0.862. The second-order valence-electron chi connectivity index (χ2n) is 13.3. The van der Waals surface area contributed by atoms with Gasteiger partial charge in [0.05, 0.1) is 6.10 Å². The average molecular weight is 621 g/mol. The van der Waals surface area contributed by atoms with E-state index in [0.29, 0.717) is 29.6 Å². The Kier molecular flexibility index (Phi) is 8.71. The van der Waals surface area contributed by atoms with Gasteiger partial charge in [-0.2, -0.15) is 5.26 Å². The Morgan fingerprint density at radius 2 is 1.98 bits per heavy atom. The Balaban J connectivity index is 1.05. The highest BCUT2D eigenvalue weighted by molar-refractivity contribution is 6.31. The number of nitriles is 1. The monoisotopic (exact) mass is 620 g/mol. The van der Waals surface area contributed by atoms with Gasteiger partial charge in [-0.25, -0.2) is 4.98 Å². The number of rotatable bonds is 6. The third kappa shape index (κ3) is 6.69. The van der Waals surface area contributed by atoms with Crippen LogP contribution in [-0.2, 0) is 11.2 Å². The highest BCUT2D eigenvalue weighted by Gasteiger charge is 2.41. The number of ether oxygens (including phenoxy) is 3. The molecule has 5 atom stereocenters. The van der Waals surface area contributed by atoms with Crippen LogP contribution in [0.3, 0.4) is 0 Å². The number of benzene rings is 1. The molecular weight excluding hydrogens is 580 g/mol. The molecule has 3 unspecified atom stereocenters. The van der Waals surface area contributed by atoms with E-state index in [1.54, 1.807) is 0 Å². The SMILES string of the molecule is C[C@]1(C2=CCC=C(Cl)C=C2)Oc2cccc(C3CCCC(CC4/C=C(\C[C@@H]5CCO5)Cc5cnc(C#N)cc5/C=C/4)CC3)c2O1. The molecule has 1 saturated carbocycles. The summed E-state index contributed by atoms with van der Waals surface area (Å²) < 4.78 is 19.0. The van der Waals surface area contributed by atoms with Gasteiger partial charge in [0.2, 0.25) is 0 Å². The number of nitrogens with zero attached hydrogens (tertiary/aromatic N) is 2. The molecule has 0 bridgehead atoms. The van der Waals surface area contributed by atoms with Crippen molar-refractivity contribution >= 4 is 17.7 Å². The van der Waals surface area contributed by atoms with Gasteiger partial charge in [-0.05, 0) is 98.5 Å². The average Bonchev–Trinajstić information content (AvgIpc) is 3.13. The van der Waals surface area contributed by atoms with Gasteiger partial charge in [0.15, 0.2) is 11.5 Å². The summed E-state index contributed by atoms with van der Waals surface area (Å²) in [5.74, 6) is 2.35. The molecule has 1 aromatic heterocycles. The molecule has 232 valence electrons. The summed E-state index contributed by atoms with van der Waals surface area (Å²) in [5, 5.41) is 10.2. The number of hydrogen-bond acceptors (Lipinski definition) is 5. The Morgan fingerprint density at radius 3 is 2.82 bits per heavy atom. The lowest BCUT2D eigenvalue weighted by Gasteiger charge is -2.29. The number of aromatic nitrogens is 1. The standard InChI is InChI=1S/C39H41ClN2O3/c1-39(32-7-3-8-33(40)16-15-32)44-37-10-4-9-36(38(37)45-39)29-6-2-5-26(11-13-29)19-27-12-14-30-23-34(24-41)42-25-31(30)21-28(20-27)22-35-17-18-43-35/h4,7-10,12,14-16,20,23,25-27,29,35H,2-3,5-6,11,13,17-19,21-22H2,1H3/b14-12+,28-20-/t26?,27?,29?,35-,39-/m0/s1. The second-order valence-corrected chi connectivity index (χ2v) is 13.8. The van der Waals surface area contributed by atoms with Crippen LogP contribution in [0.15, 0.2) is 83.1 Å². The lowest BCUT2D eigenvalue weighted by Crippen LogP contribution is -2.36. The number of pyridine rings is 1. The lowest BCUT2D eigenvalue weighted by molar-refractivity contribution is -0.0494. The topological polar surface area (TPSA) is 64.4 Å². The second kappa shape index (κ2) is 13.0. The Hall–Kier alpha value is -3.59. The van der Waals surface area contributed by atoms with Crippen LogP contribution in [0.25, 0.3) is 6.08 Å². The molecule has 1 aromatic carbocycles. The minimum absolute atomic E-state index is 0.332. The van der Waals surface area contributed by atoms with Gasteiger partial charge in [0.25, 0.3) is 5.79 Å². The van der Waals surface area contributed by atoms with Crippen LogP contribution in [0.2, 0.25) is 0 Å². The van der Waals surface area contributed by atoms with Crippen LogP contribution in [0, 0.1) is 23.2 Å². The maximum atomic E-state index is 9.44. The van der Waals surface area contributed by atoms with E-state index in [-0.39, 0.29) is 0 Å². The van der Waals surface area contributed by atoms with Gasteiger partial charge in [0, 0.05) is 35.9 Å². The van der Waals surface area contributed by atoms with Crippen molar-refractivity contribution in [3.05, 3.63) is 105 Å². The molecule has 0 spiro atoms. The summed E-state index contributed by atoms with van der Waals surface area (Å²) in [6.07, 6.45) is 28.2. The third-order valence-corrected chi connectivity index (χ3v) is 10.4. The first-order valence-electron chi connectivity index (χ1n) is 16.6. The van der Waals surface area contributed by atoms with E-state index in [4.69, 9.17) is 25.8 Å². The summed E-state index contributed by atoms with van der Waals surface area (Å²) in [7, 11) is 0. The van der Waals surface area contributed by atoms with Crippen molar-refractivity contribution in [2.45, 2.75) is 88.9 Å². The van der Waals surface area contributed by atoms with Gasteiger partial charge < -0.3 is 14.2 Å².